The number of nitrogens with zero attached hydrogens (tertiary/aromatic N) is 2. The lowest BCUT2D eigenvalue weighted by atomic mass is 9.89. The number of piperazine rings is 1. The molecule has 0 atom stereocenters. The van der Waals surface area contributed by atoms with E-state index in [0.29, 0.717) is 23.1 Å². The number of hydrogen-bond donors (Lipinski definition) is 2. The lowest BCUT2D eigenvalue weighted by molar-refractivity contribution is 0.137. The summed E-state index contributed by atoms with van der Waals surface area (Å²) in [5.41, 5.74) is 8.87. The van der Waals surface area contributed by atoms with E-state index in [1.165, 1.54) is 5.56 Å². The number of hydrazine groups is 1. The van der Waals surface area contributed by atoms with E-state index in [2.05, 4.69) is 110 Å². The van der Waals surface area contributed by atoms with Crippen molar-refractivity contribution in [3.63, 3.8) is 0 Å². The monoisotopic (exact) mass is 618 g/mol. The van der Waals surface area contributed by atoms with E-state index in [-0.39, 0.29) is 11.8 Å². The Morgan fingerprint density at radius 3 is 1.91 bits per heavy atom. The maximum absolute atomic E-state index is 14.1. The van der Waals surface area contributed by atoms with Crippen molar-refractivity contribution >= 4 is 15.7 Å². The first kappa shape index (κ1) is 33.7. The fourth-order valence-electron chi connectivity index (χ4n) is 5.58. The van der Waals surface area contributed by atoms with Crippen LogP contribution in [0, 0.1) is 0 Å². The van der Waals surface area contributed by atoms with E-state index in [4.69, 9.17) is 4.74 Å². The standard InChI is InChI=1S/C36H50N4O3S/c1-26(2)31-23-33(27(3)4)36(34(24-31)28(5)6)44(41,42)38-37-35(30-13-15-32(43-7)16-14-30)17-18-39-19-21-40(22-20-39)25-29-11-9-8-10-12-29/h8-17,23-24,26-28,37-38H,18-22,25H2,1-7H3. The number of hydrogen-bond acceptors (Lipinski definition) is 6. The van der Waals surface area contributed by atoms with E-state index >= 15 is 0 Å². The van der Waals surface area contributed by atoms with Crippen LogP contribution in [0.1, 0.15) is 87.1 Å². The summed E-state index contributed by atoms with van der Waals surface area (Å²) in [6.07, 6.45) is 2.08. The van der Waals surface area contributed by atoms with Gasteiger partial charge in [0.25, 0.3) is 10.0 Å². The van der Waals surface area contributed by atoms with E-state index < -0.39 is 10.0 Å². The molecule has 1 fully saturated rings. The normalized spacial score (nSPS) is 15.4. The molecule has 44 heavy (non-hydrogen) atoms. The second-order valence-corrected chi connectivity index (χ2v) is 14.3. The lowest BCUT2D eigenvalue weighted by Gasteiger charge is -2.34. The first-order valence-corrected chi connectivity index (χ1v) is 17.3. The highest BCUT2D eigenvalue weighted by Gasteiger charge is 2.27. The highest BCUT2D eigenvalue weighted by molar-refractivity contribution is 7.89. The van der Waals surface area contributed by atoms with Crippen molar-refractivity contribution < 1.29 is 13.2 Å². The number of sulfonamides is 1. The van der Waals surface area contributed by atoms with Gasteiger partial charge >= 0.3 is 0 Å². The van der Waals surface area contributed by atoms with Gasteiger partial charge in [0.15, 0.2) is 0 Å². The van der Waals surface area contributed by atoms with Gasteiger partial charge in [-0.2, -0.15) is 0 Å². The maximum atomic E-state index is 14.1. The molecule has 0 spiro atoms. The number of benzene rings is 3. The predicted octanol–water partition coefficient (Wildman–Crippen LogP) is 6.71. The molecule has 0 radical (unpaired) electrons. The van der Waals surface area contributed by atoms with Crippen LogP contribution in [0.2, 0.25) is 0 Å². The third-order valence-electron chi connectivity index (χ3n) is 8.34. The van der Waals surface area contributed by atoms with Crippen molar-refractivity contribution in [2.75, 3.05) is 39.8 Å². The van der Waals surface area contributed by atoms with Gasteiger partial charge in [-0.25, -0.2) is 8.42 Å². The zero-order chi connectivity index (χ0) is 31.9. The second kappa shape index (κ2) is 15.2. The van der Waals surface area contributed by atoms with Crippen LogP contribution in [0.4, 0.5) is 0 Å². The van der Waals surface area contributed by atoms with Gasteiger partial charge in [-0.15, -0.1) is 4.83 Å². The molecule has 238 valence electrons. The third-order valence-corrected chi connectivity index (χ3v) is 9.72. The van der Waals surface area contributed by atoms with Crippen molar-refractivity contribution in [2.45, 2.75) is 70.7 Å². The molecule has 3 aromatic carbocycles. The minimum absolute atomic E-state index is 0.0509. The molecule has 8 heteroatoms. The number of nitrogens with one attached hydrogen (secondary N) is 2. The Balaban J connectivity index is 1.55. The Hall–Kier alpha value is -3.17. The van der Waals surface area contributed by atoms with Crippen molar-refractivity contribution in [3.8, 4) is 5.75 Å². The molecule has 0 aromatic heterocycles. The summed E-state index contributed by atoms with van der Waals surface area (Å²) >= 11 is 0. The number of ether oxygens (including phenoxy) is 1. The zero-order valence-electron chi connectivity index (χ0n) is 27.4. The fourth-order valence-corrected chi connectivity index (χ4v) is 7.13. The smallest absolute Gasteiger partial charge is 0.257 e. The molecule has 0 amide bonds. The summed E-state index contributed by atoms with van der Waals surface area (Å²) in [6.45, 7) is 18.0. The number of methoxy groups -OCH3 is 1. The van der Waals surface area contributed by atoms with E-state index in [1.54, 1.807) is 7.11 Å². The summed E-state index contributed by atoms with van der Waals surface area (Å²) in [6, 6.07) is 22.4. The van der Waals surface area contributed by atoms with E-state index in [0.717, 1.165) is 60.7 Å². The van der Waals surface area contributed by atoms with Gasteiger partial charge in [0.1, 0.15) is 5.75 Å². The molecule has 1 aliphatic rings. The Morgan fingerprint density at radius 1 is 0.818 bits per heavy atom. The van der Waals surface area contributed by atoms with Crippen molar-refractivity contribution in [2.24, 2.45) is 0 Å². The molecule has 4 rings (SSSR count). The van der Waals surface area contributed by atoms with Gasteiger partial charge < -0.3 is 10.2 Å². The van der Waals surface area contributed by atoms with Gasteiger partial charge in [0.05, 0.1) is 17.7 Å². The molecule has 1 saturated heterocycles. The van der Waals surface area contributed by atoms with Crippen LogP contribution in [-0.2, 0) is 16.6 Å². The molecule has 7 nitrogen and oxygen atoms in total. The Labute approximate surface area is 265 Å². The highest BCUT2D eigenvalue weighted by atomic mass is 32.2. The molecular weight excluding hydrogens is 568 g/mol. The first-order valence-electron chi connectivity index (χ1n) is 15.8. The molecular formula is C36H50N4O3S. The van der Waals surface area contributed by atoms with Gasteiger partial charge in [-0.05, 0) is 75.9 Å². The van der Waals surface area contributed by atoms with Gasteiger partial charge in [0, 0.05) is 39.3 Å². The van der Waals surface area contributed by atoms with Crippen molar-refractivity contribution in [1.82, 2.24) is 20.1 Å². The van der Waals surface area contributed by atoms with Crippen molar-refractivity contribution in [1.29, 1.82) is 0 Å². The molecule has 1 aliphatic heterocycles. The average Bonchev–Trinajstić information content (AvgIpc) is 3.01. The zero-order valence-corrected chi connectivity index (χ0v) is 28.2. The van der Waals surface area contributed by atoms with Crippen molar-refractivity contribution in [3.05, 3.63) is 101 Å². The molecule has 0 aliphatic carbocycles. The molecule has 0 bridgehead atoms. The Morgan fingerprint density at radius 2 is 1.39 bits per heavy atom. The Kier molecular flexibility index (Phi) is 11.7. The predicted molar refractivity (Wildman–Crippen MR) is 181 cm³/mol. The van der Waals surface area contributed by atoms with Crippen LogP contribution in [0.3, 0.4) is 0 Å². The fraction of sp³-hybridized carbons (Fsp3) is 0.444. The minimum atomic E-state index is -3.90. The largest absolute Gasteiger partial charge is 0.497 e. The molecule has 2 N–H and O–H groups in total. The summed E-state index contributed by atoms with van der Waals surface area (Å²) in [7, 11) is -2.26. The summed E-state index contributed by atoms with van der Waals surface area (Å²) in [5.74, 6) is 1.15. The molecule has 3 aromatic rings. The van der Waals surface area contributed by atoms with Crippen LogP contribution in [-0.4, -0.2) is 58.1 Å². The minimum Gasteiger partial charge on any atom is -0.497 e. The van der Waals surface area contributed by atoms with Gasteiger partial charge in [0.2, 0.25) is 0 Å². The summed E-state index contributed by atoms with van der Waals surface area (Å²) in [4.78, 5) is 8.02. The average molecular weight is 619 g/mol. The van der Waals surface area contributed by atoms with Crippen LogP contribution in [0.25, 0.3) is 5.70 Å². The topological polar surface area (TPSA) is 73.9 Å². The molecule has 0 unspecified atom stereocenters. The SMILES string of the molecule is COc1ccc(C(=CCN2CCN(Cc3ccccc3)CC2)NNS(=O)(=O)c2c(C(C)C)cc(C(C)C)cc2C(C)C)cc1. The van der Waals surface area contributed by atoms with Gasteiger partial charge in [-0.1, -0.05) is 84.0 Å². The summed E-state index contributed by atoms with van der Waals surface area (Å²) in [5, 5.41) is 0. The quantitative estimate of drug-likeness (QED) is 0.208. The molecule has 1 heterocycles. The van der Waals surface area contributed by atoms with Crippen LogP contribution in [0.5, 0.6) is 5.75 Å². The lowest BCUT2D eigenvalue weighted by Crippen LogP contribution is -2.46. The number of rotatable bonds is 13. The highest BCUT2D eigenvalue weighted by Crippen LogP contribution is 2.35. The van der Waals surface area contributed by atoms with Crippen LogP contribution < -0.4 is 15.0 Å². The van der Waals surface area contributed by atoms with E-state index in [9.17, 15) is 8.42 Å². The van der Waals surface area contributed by atoms with Crippen LogP contribution in [0.15, 0.2) is 77.7 Å². The maximum Gasteiger partial charge on any atom is 0.257 e. The van der Waals surface area contributed by atoms with E-state index in [1.807, 2.05) is 24.3 Å². The molecule has 0 saturated carbocycles. The second-order valence-electron chi connectivity index (χ2n) is 12.6. The Bertz CT molecular complexity index is 1460. The van der Waals surface area contributed by atoms with Gasteiger partial charge in [-0.3, -0.25) is 9.80 Å². The summed E-state index contributed by atoms with van der Waals surface area (Å²) < 4.78 is 33.5. The first-order chi connectivity index (χ1) is 21.0. The third kappa shape index (κ3) is 8.72. The van der Waals surface area contributed by atoms with Crippen LogP contribution >= 0.6 is 0 Å².